The van der Waals surface area contributed by atoms with Crippen molar-refractivity contribution in [1.82, 2.24) is 4.98 Å². The summed E-state index contributed by atoms with van der Waals surface area (Å²) in [4.78, 5) is 16.3. The summed E-state index contributed by atoms with van der Waals surface area (Å²) >= 11 is 0. The molecule has 0 saturated carbocycles. The van der Waals surface area contributed by atoms with E-state index < -0.39 is 5.60 Å². The highest BCUT2D eigenvalue weighted by atomic mass is 16.7. The van der Waals surface area contributed by atoms with Gasteiger partial charge in [0.15, 0.2) is 11.5 Å². The molecule has 0 spiro atoms. The molecule has 0 fully saturated rings. The Morgan fingerprint density at radius 2 is 1.86 bits per heavy atom. The summed E-state index contributed by atoms with van der Waals surface area (Å²) in [6.07, 6.45) is 3.20. The van der Waals surface area contributed by atoms with Crippen LogP contribution in [-0.2, 0) is 4.74 Å². The van der Waals surface area contributed by atoms with Crippen LogP contribution in [0.5, 0.6) is 11.5 Å². The van der Waals surface area contributed by atoms with Crippen LogP contribution in [0.15, 0.2) is 36.7 Å². The van der Waals surface area contributed by atoms with Crippen molar-refractivity contribution in [2.75, 3.05) is 6.79 Å². The van der Waals surface area contributed by atoms with Crippen molar-refractivity contribution in [2.45, 2.75) is 26.4 Å². The van der Waals surface area contributed by atoms with Gasteiger partial charge in [-0.1, -0.05) is 6.07 Å². The molecule has 22 heavy (non-hydrogen) atoms. The molecule has 1 aliphatic rings. The van der Waals surface area contributed by atoms with E-state index >= 15 is 0 Å². The van der Waals surface area contributed by atoms with Gasteiger partial charge in [0.2, 0.25) is 6.79 Å². The van der Waals surface area contributed by atoms with E-state index in [1.54, 1.807) is 12.3 Å². The predicted octanol–water partition coefficient (Wildman–Crippen LogP) is 3.43. The van der Waals surface area contributed by atoms with Gasteiger partial charge in [-0.05, 0) is 44.5 Å². The molecule has 0 unspecified atom stereocenters. The molecule has 0 radical (unpaired) electrons. The van der Waals surface area contributed by atoms with Gasteiger partial charge in [-0.15, -0.1) is 0 Å². The van der Waals surface area contributed by atoms with Crippen LogP contribution in [0.2, 0.25) is 0 Å². The SMILES string of the molecule is CC(C)(C)OC(=O)c1cncc(-c2ccc3c(c2)OCO3)c1. The molecule has 0 bridgehead atoms. The highest BCUT2D eigenvalue weighted by Crippen LogP contribution is 2.35. The van der Waals surface area contributed by atoms with Gasteiger partial charge in [0.1, 0.15) is 5.60 Å². The van der Waals surface area contributed by atoms with Gasteiger partial charge < -0.3 is 14.2 Å². The van der Waals surface area contributed by atoms with Gasteiger partial charge in [-0.25, -0.2) is 4.79 Å². The van der Waals surface area contributed by atoms with E-state index in [2.05, 4.69) is 4.98 Å². The number of benzene rings is 1. The van der Waals surface area contributed by atoms with Crippen molar-refractivity contribution in [3.63, 3.8) is 0 Å². The van der Waals surface area contributed by atoms with Crippen molar-refractivity contribution >= 4 is 5.97 Å². The van der Waals surface area contributed by atoms with Gasteiger partial charge in [-0.2, -0.15) is 0 Å². The fourth-order valence-electron chi connectivity index (χ4n) is 2.12. The highest BCUT2D eigenvalue weighted by molar-refractivity contribution is 5.90. The molecule has 1 aliphatic heterocycles. The Bertz CT molecular complexity index is 719. The molecule has 0 saturated heterocycles. The fourth-order valence-corrected chi connectivity index (χ4v) is 2.12. The third-order valence-corrected chi connectivity index (χ3v) is 3.08. The molecule has 0 aliphatic carbocycles. The smallest absolute Gasteiger partial charge is 0.340 e. The number of hydrogen-bond acceptors (Lipinski definition) is 5. The summed E-state index contributed by atoms with van der Waals surface area (Å²) in [6, 6.07) is 7.39. The number of pyridine rings is 1. The third kappa shape index (κ3) is 3.03. The second-order valence-corrected chi connectivity index (χ2v) is 6.03. The van der Waals surface area contributed by atoms with E-state index in [-0.39, 0.29) is 12.8 Å². The van der Waals surface area contributed by atoms with Gasteiger partial charge in [-0.3, -0.25) is 4.98 Å². The lowest BCUT2D eigenvalue weighted by Crippen LogP contribution is -2.23. The molecule has 5 nitrogen and oxygen atoms in total. The average Bonchev–Trinajstić information content (AvgIpc) is 2.93. The molecule has 0 atom stereocenters. The molecule has 0 amide bonds. The van der Waals surface area contributed by atoms with E-state index in [1.807, 2.05) is 39.0 Å². The maximum Gasteiger partial charge on any atom is 0.340 e. The molecule has 3 rings (SSSR count). The number of rotatable bonds is 2. The fraction of sp³-hybridized carbons (Fsp3) is 0.294. The summed E-state index contributed by atoms with van der Waals surface area (Å²) in [6.45, 7) is 5.73. The topological polar surface area (TPSA) is 57.7 Å². The number of carbonyl (C=O) groups excluding carboxylic acids is 1. The van der Waals surface area contributed by atoms with Crippen molar-refractivity contribution in [1.29, 1.82) is 0 Å². The van der Waals surface area contributed by atoms with Gasteiger partial charge in [0, 0.05) is 18.0 Å². The standard InChI is InChI=1S/C17H17NO4/c1-17(2,3)22-16(19)13-6-12(8-18-9-13)11-4-5-14-15(7-11)21-10-20-14/h4-9H,10H2,1-3H3. The number of carbonyl (C=O) groups is 1. The number of fused-ring (bicyclic) bond motifs is 1. The predicted molar refractivity (Wildman–Crippen MR) is 81.0 cm³/mol. The van der Waals surface area contributed by atoms with E-state index in [0.29, 0.717) is 11.3 Å². The summed E-state index contributed by atoms with van der Waals surface area (Å²) in [5, 5.41) is 0. The Hall–Kier alpha value is -2.56. The first kappa shape index (κ1) is 14.4. The molecule has 1 aromatic carbocycles. The summed E-state index contributed by atoms with van der Waals surface area (Å²) in [5.74, 6) is 1.03. The van der Waals surface area contributed by atoms with Gasteiger partial charge in [0.25, 0.3) is 0 Å². The zero-order chi connectivity index (χ0) is 15.7. The average molecular weight is 299 g/mol. The number of aromatic nitrogens is 1. The van der Waals surface area contributed by atoms with E-state index in [1.165, 1.54) is 6.20 Å². The lowest BCUT2D eigenvalue weighted by Gasteiger charge is -2.19. The summed E-state index contributed by atoms with van der Waals surface area (Å²) in [7, 11) is 0. The van der Waals surface area contributed by atoms with Crippen molar-refractivity contribution < 1.29 is 19.0 Å². The van der Waals surface area contributed by atoms with Gasteiger partial charge >= 0.3 is 5.97 Å². The summed E-state index contributed by atoms with van der Waals surface area (Å²) in [5.41, 5.74) is 1.61. The highest BCUT2D eigenvalue weighted by Gasteiger charge is 2.19. The summed E-state index contributed by atoms with van der Waals surface area (Å²) < 4.78 is 16.0. The Morgan fingerprint density at radius 3 is 2.64 bits per heavy atom. The zero-order valence-electron chi connectivity index (χ0n) is 12.8. The molecule has 0 N–H and O–H groups in total. The van der Waals surface area contributed by atoms with Crippen LogP contribution in [0, 0.1) is 0 Å². The van der Waals surface area contributed by atoms with Crippen LogP contribution < -0.4 is 9.47 Å². The Morgan fingerprint density at radius 1 is 1.09 bits per heavy atom. The Balaban J connectivity index is 1.89. The molecule has 2 heterocycles. The van der Waals surface area contributed by atoms with Crippen LogP contribution in [0.25, 0.3) is 11.1 Å². The van der Waals surface area contributed by atoms with Gasteiger partial charge in [0.05, 0.1) is 5.56 Å². The Kier molecular flexibility index (Phi) is 3.48. The first-order chi connectivity index (χ1) is 10.4. The number of esters is 1. The van der Waals surface area contributed by atoms with Crippen molar-refractivity contribution in [2.24, 2.45) is 0 Å². The molecule has 5 heteroatoms. The number of hydrogen-bond donors (Lipinski definition) is 0. The minimum Gasteiger partial charge on any atom is -0.456 e. The maximum absolute atomic E-state index is 12.1. The van der Waals surface area contributed by atoms with E-state index in [0.717, 1.165) is 16.9 Å². The van der Waals surface area contributed by atoms with Crippen LogP contribution in [0.3, 0.4) is 0 Å². The normalized spacial score (nSPS) is 13.0. The minimum atomic E-state index is -0.536. The van der Waals surface area contributed by atoms with Crippen molar-refractivity contribution in [3.8, 4) is 22.6 Å². The van der Waals surface area contributed by atoms with E-state index in [9.17, 15) is 4.79 Å². The second-order valence-electron chi connectivity index (χ2n) is 6.03. The first-order valence-corrected chi connectivity index (χ1v) is 7.01. The molecule has 114 valence electrons. The Labute approximate surface area is 128 Å². The molecule has 1 aromatic heterocycles. The monoisotopic (exact) mass is 299 g/mol. The van der Waals surface area contributed by atoms with Crippen molar-refractivity contribution in [3.05, 3.63) is 42.2 Å². The maximum atomic E-state index is 12.1. The zero-order valence-corrected chi connectivity index (χ0v) is 12.8. The lowest BCUT2D eigenvalue weighted by molar-refractivity contribution is 0.00691. The van der Waals surface area contributed by atoms with Crippen LogP contribution in [0.1, 0.15) is 31.1 Å². The second kappa shape index (κ2) is 5.33. The first-order valence-electron chi connectivity index (χ1n) is 7.01. The molecule has 2 aromatic rings. The van der Waals surface area contributed by atoms with Crippen LogP contribution in [-0.4, -0.2) is 23.3 Å². The number of nitrogens with zero attached hydrogens (tertiary/aromatic N) is 1. The molecular weight excluding hydrogens is 282 g/mol. The van der Waals surface area contributed by atoms with Crippen LogP contribution in [0.4, 0.5) is 0 Å². The largest absolute Gasteiger partial charge is 0.456 e. The number of ether oxygens (including phenoxy) is 3. The third-order valence-electron chi connectivity index (χ3n) is 3.08. The lowest BCUT2D eigenvalue weighted by atomic mass is 10.1. The van der Waals surface area contributed by atoms with Crippen LogP contribution >= 0.6 is 0 Å². The molecular formula is C17H17NO4. The van der Waals surface area contributed by atoms with E-state index in [4.69, 9.17) is 14.2 Å². The quantitative estimate of drug-likeness (QED) is 0.795. The minimum absolute atomic E-state index is 0.231.